The van der Waals surface area contributed by atoms with Gasteiger partial charge in [-0.25, -0.2) is 4.79 Å². The zero-order valence-corrected chi connectivity index (χ0v) is 14.9. The zero-order chi connectivity index (χ0) is 16.7. The highest BCUT2D eigenvalue weighted by molar-refractivity contribution is 5.70. The Balaban J connectivity index is 2.45. The molecule has 0 fully saturated rings. The van der Waals surface area contributed by atoms with E-state index in [4.69, 9.17) is 4.74 Å². The maximum atomic E-state index is 12.7. The Morgan fingerprint density at radius 2 is 1.86 bits per heavy atom. The molecule has 1 aliphatic rings. The van der Waals surface area contributed by atoms with Crippen molar-refractivity contribution in [3.63, 3.8) is 0 Å². The minimum Gasteiger partial charge on any atom is -0.444 e. The van der Waals surface area contributed by atoms with Crippen molar-refractivity contribution < 1.29 is 9.53 Å². The first-order chi connectivity index (χ1) is 10.0. The van der Waals surface area contributed by atoms with Crippen molar-refractivity contribution in [2.75, 3.05) is 6.54 Å². The van der Waals surface area contributed by atoms with Crippen LogP contribution in [0, 0.1) is 5.92 Å². The van der Waals surface area contributed by atoms with Gasteiger partial charge in [0.2, 0.25) is 0 Å². The molecule has 1 atom stereocenters. The number of fused-ring (bicyclic) bond motifs is 1. The second-order valence-electron chi connectivity index (χ2n) is 8.27. The van der Waals surface area contributed by atoms with Crippen LogP contribution in [0.2, 0.25) is 0 Å². The summed E-state index contributed by atoms with van der Waals surface area (Å²) in [6.07, 6.45) is -0.214. The van der Waals surface area contributed by atoms with Crippen molar-refractivity contribution >= 4 is 6.09 Å². The van der Waals surface area contributed by atoms with E-state index in [2.05, 4.69) is 52.0 Å². The molecule has 1 aromatic carbocycles. The van der Waals surface area contributed by atoms with E-state index >= 15 is 0 Å². The van der Waals surface area contributed by atoms with Gasteiger partial charge in [0.25, 0.3) is 0 Å². The van der Waals surface area contributed by atoms with E-state index < -0.39 is 5.60 Å². The maximum Gasteiger partial charge on any atom is 0.410 e. The van der Waals surface area contributed by atoms with Crippen LogP contribution in [0.25, 0.3) is 0 Å². The van der Waals surface area contributed by atoms with Gasteiger partial charge in [0.1, 0.15) is 5.60 Å². The first kappa shape index (κ1) is 16.9. The van der Waals surface area contributed by atoms with Gasteiger partial charge in [-0.1, -0.05) is 52.0 Å². The summed E-state index contributed by atoms with van der Waals surface area (Å²) in [4.78, 5) is 14.6. The van der Waals surface area contributed by atoms with Crippen molar-refractivity contribution in [1.82, 2.24) is 4.90 Å². The van der Waals surface area contributed by atoms with Crippen molar-refractivity contribution in [3.8, 4) is 0 Å². The molecule has 0 radical (unpaired) electrons. The minimum absolute atomic E-state index is 0.0686. The third-order valence-electron chi connectivity index (χ3n) is 4.17. The quantitative estimate of drug-likeness (QED) is 0.737. The van der Waals surface area contributed by atoms with Crippen LogP contribution < -0.4 is 0 Å². The van der Waals surface area contributed by atoms with E-state index in [9.17, 15) is 4.79 Å². The van der Waals surface area contributed by atoms with Gasteiger partial charge in [-0.15, -0.1) is 0 Å². The second-order valence-corrected chi connectivity index (χ2v) is 8.27. The summed E-state index contributed by atoms with van der Waals surface area (Å²) < 4.78 is 5.65. The van der Waals surface area contributed by atoms with Gasteiger partial charge in [-0.2, -0.15) is 0 Å². The molecule has 1 aromatic rings. The van der Waals surface area contributed by atoms with Crippen molar-refractivity contribution in [1.29, 1.82) is 0 Å². The smallest absolute Gasteiger partial charge is 0.410 e. The Hall–Kier alpha value is -1.51. The molecule has 0 bridgehead atoms. The number of carbonyl (C=O) groups excluding carboxylic acids is 1. The lowest BCUT2D eigenvalue weighted by molar-refractivity contribution is 0.00186. The van der Waals surface area contributed by atoms with Gasteiger partial charge in [0, 0.05) is 12.0 Å². The summed E-state index contributed by atoms with van der Waals surface area (Å²) in [7, 11) is 0. The SMILES string of the molecule is CC(C)C1c2ccccc2C(C)(C)CN1C(=O)OC(C)(C)C. The molecule has 1 heterocycles. The minimum atomic E-state index is -0.472. The second kappa shape index (κ2) is 5.60. The van der Waals surface area contributed by atoms with Crippen LogP contribution in [0.3, 0.4) is 0 Å². The molecule has 0 saturated carbocycles. The summed E-state index contributed by atoms with van der Waals surface area (Å²) in [6, 6.07) is 8.55. The third-order valence-corrected chi connectivity index (χ3v) is 4.17. The molecule has 3 nitrogen and oxygen atoms in total. The van der Waals surface area contributed by atoms with Gasteiger partial charge in [0.15, 0.2) is 0 Å². The summed E-state index contributed by atoms with van der Waals surface area (Å²) in [5.41, 5.74) is 2.05. The Morgan fingerprint density at radius 3 is 2.41 bits per heavy atom. The monoisotopic (exact) mass is 303 g/mol. The normalized spacial score (nSPS) is 20.7. The number of carbonyl (C=O) groups is 1. The highest BCUT2D eigenvalue weighted by Gasteiger charge is 2.42. The molecule has 1 aliphatic heterocycles. The van der Waals surface area contributed by atoms with Gasteiger partial charge in [0.05, 0.1) is 6.04 Å². The standard InChI is InChI=1S/C19H29NO2/c1-13(2)16-14-10-8-9-11-15(14)19(6,7)12-20(16)17(21)22-18(3,4)5/h8-11,13,16H,12H2,1-7H3. The lowest BCUT2D eigenvalue weighted by atomic mass is 9.74. The highest BCUT2D eigenvalue weighted by Crippen LogP contribution is 2.43. The van der Waals surface area contributed by atoms with E-state index in [0.29, 0.717) is 12.5 Å². The maximum absolute atomic E-state index is 12.7. The van der Waals surface area contributed by atoms with Crippen LogP contribution in [0.1, 0.15) is 65.6 Å². The molecule has 0 spiro atoms. The molecule has 122 valence electrons. The number of ether oxygens (including phenoxy) is 1. The lowest BCUT2D eigenvalue weighted by Gasteiger charge is -2.46. The average molecular weight is 303 g/mol. The molecule has 0 N–H and O–H groups in total. The fourth-order valence-electron chi connectivity index (χ4n) is 3.37. The molecule has 2 rings (SSSR count). The summed E-state index contributed by atoms with van der Waals surface area (Å²) >= 11 is 0. The first-order valence-electron chi connectivity index (χ1n) is 8.12. The molecule has 22 heavy (non-hydrogen) atoms. The fraction of sp³-hybridized carbons (Fsp3) is 0.632. The Labute approximate surface area is 134 Å². The number of amides is 1. The van der Waals surface area contributed by atoms with Crippen LogP contribution in [0.15, 0.2) is 24.3 Å². The van der Waals surface area contributed by atoms with E-state index in [-0.39, 0.29) is 17.6 Å². The highest BCUT2D eigenvalue weighted by atomic mass is 16.6. The van der Waals surface area contributed by atoms with E-state index in [1.807, 2.05) is 25.7 Å². The topological polar surface area (TPSA) is 29.5 Å². The molecule has 0 aromatic heterocycles. The third kappa shape index (κ3) is 3.29. The largest absolute Gasteiger partial charge is 0.444 e. The van der Waals surface area contributed by atoms with Gasteiger partial charge >= 0.3 is 6.09 Å². The number of nitrogens with zero attached hydrogens (tertiary/aromatic N) is 1. The number of rotatable bonds is 1. The van der Waals surface area contributed by atoms with Crippen molar-refractivity contribution in [2.45, 2.75) is 65.5 Å². The van der Waals surface area contributed by atoms with E-state index in [1.165, 1.54) is 11.1 Å². The van der Waals surface area contributed by atoms with Crippen molar-refractivity contribution in [3.05, 3.63) is 35.4 Å². The number of benzene rings is 1. The van der Waals surface area contributed by atoms with Gasteiger partial charge in [-0.05, 0) is 37.8 Å². The molecular formula is C19H29NO2. The predicted octanol–water partition coefficient (Wildman–Crippen LogP) is 4.91. The van der Waals surface area contributed by atoms with E-state index in [1.54, 1.807) is 0 Å². The lowest BCUT2D eigenvalue weighted by Crippen LogP contribution is -2.50. The molecule has 1 unspecified atom stereocenters. The first-order valence-corrected chi connectivity index (χ1v) is 8.12. The fourth-order valence-corrected chi connectivity index (χ4v) is 3.37. The molecule has 0 aliphatic carbocycles. The zero-order valence-electron chi connectivity index (χ0n) is 14.9. The number of hydrogen-bond donors (Lipinski definition) is 0. The Kier molecular flexibility index (Phi) is 4.29. The van der Waals surface area contributed by atoms with E-state index in [0.717, 1.165) is 0 Å². The summed E-state index contributed by atoms with van der Waals surface area (Å²) in [5.74, 6) is 0.338. The van der Waals surface area contributed by atoms with Gasteiger partial charge < -0.3 is 9.64 Å². The summed E-state index contributed by atoms with van der Waals surface area (Å²) in [5, 5.41) is 0. The van der Waals surface area contributed by atoms with Crippen LogP contribution >= 0.6 is 0 Å². The van der Waals surface area contributed by atoms with Crippen LogP contribution in [-0.4, -0.2) is 23.1 Å². The molecule has 3 heteroatoms. The summed E-state index contributed by atoms with van der Waals surface area (Å²) in [6.45, 7) is 15.1. The molecule has 0 saturated heterocycles. The van der Waals surface area contributed by atoms with Gasteiger partial charge in [-0.3, -0.25) is 0 Å². The molecular weight excluding hydrogens is 274 g/mol. The molecule has 1 amide bonds. The number of hydrogen-bond acceptors (Lipinski definition) is 2. The predicted molar refractivity (Wildman–Crippen MR) is 90.0 cm³/mol. The average Bonchev–Trinajstić information content (AvgIpc) is 2.35. The van der Waals surface area contributed by atoms with Crippen LogP contribution in [-0.2, 0) is 10.2 Å². The Morgan fingerprint density at radius 1 is 1.27 bits per heavy atom. The van der Waals surface area contributed by atoms with Crippen LogP contribution in [0.4, 0.5) is 4.79 Å². The Bertz CT molecular complexity index is 555. The van der Waals surface area contributed by atoms with Crippen LogP contribution in [0.5, 0.6) is 0 Å². The van der Waals surface area contributed by atoms with Crippen molar-refractivity contribution in [2.24, 2.45) is 5.92 Å².